The van der Waals surface area contributed by atoms with Crippen LogP contribution in [0.5, 0.6) is 0 Å². The molecule has 0 amide bonds. The van der Waals surface area contributed by atoms with Gasteiger partial charge >= 0.3 is 0 Å². The molecular formula is C14H16Br2N2. The summed E-state index contributed by atoms with van der Waals surface area (Å²) in [6.07, 6.45) is 3.56. The van der Waals surface area contributed by atoms with Gasteiger partial charge in [0.15, 0.2) is 0 Å². The molecule has 0 radical (unpaired) electrons. The molecular weight excluding hydrogens is 356 g/mol. The highest BCUT2D eigenvalue weighted by Crippen LogP contribution is 2.23. The van der Waals surface area contributed by atoms with E-state index in [0.29, 0.717) is 0 Å². The zero-order valence-electron chi connectivity index (χ0n) is 10.7. The highest BCUT2D eigenvalue weighted by molar-refractivity contribution is 9.10. The third-order valence-electron chi connectivity index (χ3n) is 2.22. The molecule has 0 atom stereocenters. The number of aromatic nitrogens is 2. The van der Waals surface area contributed by atoms with Crippen LogP contribution in [0.1, 0.15) is 26.3 Å². The second-order valence-electron chi connectivity index (χ2n) is 4.77. The van der Waals surface area contributed by atoms with Crippen molar-refractivity contribution in [2.45, 2.75) is 26.2 Å². The van der Waals surface area contributed by atoms with Crippen LogP contribution in [0.15, 0.2) is 51.9 Å². The number of halogens is 2. The first-order valence-corrected chi connectivity index (χ1v) is 7.17. The summed E-state index contributed by atoms with van der Waals surface area (Å²) in [5.74, 6) is 0. The molecule has 0 aliphatic rings. The van der Waals surface area contributed by atoms with Gasteiger partial charge in [-0.25, -0.2) is 9.97 Å². The van der Waals surface area contributed by atoms with E-state index in [1.54, 1.807) is 6.20 Å². The topological polar surface area (TPSA) is 25.8 Å². The Morgan fingerprint density at radius 3 is 1.89 bits per heavy atom. The lowest BCUT2D eigenvalue weighted by molar-refractivity contribution is 0.588. The first-order valence-electron chi connectivity index (χ1n) is 5.58. The van der Waals surface area contributed by atoms with Crippen molar-refractivity contribution in [2.24, 2.45) is 0 Å². The van der Waals surface area contributed by atoms with Gasteiger partial charge in [-0.15, -0.1) is 0 Å². The largest absolute Gasteiger partial charge is 0.249 e. The van der Waals surface area contributed by atoms with Crippen LogP contribution in [-0.2, 0) is 5.41 Å². The smallest absolute Gasteiger partial charge is 0.106 e. The molecule has 0 aliphatic heterocycles. The van der Waals surface area contributed by atoms with E-state index in [4.69, 9.17) is 0 Å². The highest BCUT2D eigenvalue weighted by atomic mass is 79.9. The van der Waals surface area contributed by atoms with Crippen LogP contribution < -0.4 is 0 Å². The second kappa shape index (κ2) is 7.00. The van der Waals surface area contributed by atoms with Crippen molar-refractivity contribution in [3.63, 3.8) is 0 Å². The maximum atomic E-state index is 4.07. The number of rotatable bonds is 0. The molecule has 2 aromatic heterocycles. The van der Waals surface area contributed by atoms with Crippen LogP contribution in [0, 0.1) is 0 Å². The predicted octanol–water partition coefficient (Wildman–Crippen LogP) is 4.99. The monoisotopic (exact) mass is 370 g/mol. The third kappa shape index (κ3) is 5.74. The Morgan fingerprint density at radius 1 is 0.889 bits per heavy atom. The van der Waals surface area contributed by atoms with Gasteiger partial charge in [0.2, 0.25) is 0 Å². The van der Waals surface area contributed by atoms with E-state index >= 15 is 0 Å². The lowest BCUT2D eigenvalue weighted by Gasteiger charge is -2.18. The van der Waals surface area contributed by atoms with Crippen molar-refractivity contribution < 1.29 is 0 Å². The summed E-state index contributed by atoms with van der Waals surface area (Å²) in [7, 11) is 0. The Morgan fingerprint density at radius 2 is 1.56 bits per heavy atom. The minimum Gasteiger partial charge on any atom is -0.249 e. The van der Waals surface area contributed by atoms with Gasteiger partial charge in [-0.2, -0.15) is 0 Å². The number of hydrogen-bond acceptors (Lipinski definition) is 2. The summed E-state index contributed by atoms with van der Waals surface area (Å²) in [5.41, 5.74) is 1.52. The molecule has 0 spiro atoms. The van der Waals surface area contributed by atoms with Crippen molar-refractivity contribution in [2.75, 3.05) is 0 Å². The number of nitrogens with zero attached hydrogens (tertiary/aromatic N) is 2. The van der Waals surface area contributed by atoms with Crippen molar-refractivity contribution >= 4 is 31.9 Å². The lowest BCUT2D eigenvalue weighted by atomic mass is 9.88. The summed E-state index contributed by atoms with van der Waals surface area (Å²) in [6.45, 7) is 6.57. The molecule has 0 N–H and O–H groups in total. The lowest BCUT2D eigenvalue weighted by Crippen LogP contribution is -2.10. The van der Waals surface area contributed by atoms with E-state index in [1.165, 1.54) is 5.56 Å². The Hall–Kier alpha value is -0.740. The molecule has 0 aromatic carbocycles. The van der Waals surface area contributed by atoms with Gasteiger partial charge in [-0.05, 0) is 67.1 Å². The number of pyridine rings is 2. The van der Waals surface area contributed by atoms with Gasteiger partial charge < -0.3 is 0 Å². The Labute approximate surface area is 125 Å². The summed E-state index contributed by atoms with van der Waals surface area (Å²) in [5, 5.41) is 0. The van der Waals surface area contributed by atoms with E-state index in [1.807, 2.05) is 30.5 Å². The molecule has 2 rings (SSSR count). The van der Waals surface area contributed by atoms with Crippen molar-refractivity contribution in [3.8, 4) is 0 Å². The van der Waals surface area contributed by atoms with E-state index in [0.717, 1.165) is 9.21 Å². The van der Waals surface area contributed by atoms with Gasteiger partial charge in [0.05, 0.1) is 0 Å². The fourth-order valence-electron chi connectivity index (χ4n) is 1.21. The maximum absolute atomic E-state index is 4.07. The van der Waals surface area contributed by atoms with E-state index < -0.39 is 0 Å². The van der Waals surface area contributed by atoms with E-state index in [9.17, 15) is 0 Å². The van der Waals surface area contributed by atoms with Crippen molar-refractivity contribution in [3.05, 3.63) is 57.5 Å². The fourth-order valence-corrected chi connectivity index (χ4v) is 1.85. The van der Waals surface area contributed by atoms with Crippen LogP contribution in [0.3, 0.4) is 0 Å². The summed E-state index contributed by atoms with van der Waals surface area (Å²) < 4.78 is 1.79. The average Bonchev–Trinajstić information content (AvgIpc) is 2.30. The minimum atomic E-state index is 0.214. The molecule has 0 unspecified atom stereocenters. The average molecular weight is 372 g/mol. The van der Waals surface area contributed by atoms with Gasteiger partial charge in [0.25, 0.3) is 0 Å². The van der Waals surface area contributed by atoms with Crippen molar-refractivity contribution in [1.82, 2.24) is 9.97 Å². The van der Waals surface area contributed by atoms with Crippen molar-refractivity contribution in [1.29, 1.82) is 0 Å². The number of hydrogen-bond donors (Lipinski definition) is 0. The molecule has 4 heteroatoms. The van der Waals surface area contributed by atoms with E-state index in [2.05, 4.69) is 68.7 Å². The maximum Gasteiger partial charge on any atom is 0.106 e. The quantitative estimate of drug-likeness (QED) is 0.610. The third-order valence-corrected chi connectivity index (χ3v) is 3.12. The Balaban J connectivity index is 0.000000199. The van der Waals surface area contributed by atoms with Crippen LogP contribution in [-0.4, -0.2) is 9.97 Å². The fraction of sp³-hybridized carbons (Fsp3) is 0.286. The molecule has 0 saturated heterocycles. The molecule has 2 aromatic rings. The SMILES string of the molecule is Brc1ccccn1.CC(C)(C)c1ccnc(Br)c1. The standard InChI is InChI=1S/C9H12BrN.C5H4BrN/c1-9(2,3)7-4-5-11-8(10)6-7;6-5-3-1-2-4-7-5/h4-6H,1-3H3;1-4H. The molecule has 18 heavy (non-hydrogen) atoms. The first kappa shape index (κ1) is 15.3. The van der Waals surface area contributed by atoms with Crippen LogP contribution in [0.25, 0.3) is 0 Å². The molecule has 0 aliphatic carbocycles. The van der Waals surface area contributed by atoms with Crippen LogP contribution in [0.2, 0.25) is 0 Å². The summed E-state index contributed by atoms with van der Waals surface area (Å²) in [4.78, 5) is 7.97. The zero-order chi connectivity index (χ0) is 13.6. The van der Waals surface area contributed by atoms with Gasteiger partial charge in [-0.3, -0.25) is 0 Å². The first-order chi connectivity index (χ1) is 8.39. The van der Waals surface area contributed by atoms with Crippen LogP contribution in [0.4, 0.5) is 0 Å². The van der Waals surface area contributed by atoms with Gasteiger partial charge in [0, 0.05) is 12.4 Å². The molecule has 0 saturated carbocycles. The van der Waals surface area contributed by atoms with Gasteiger partial charge in [0.1, 0.15) is 9.21 Å². The molecule has 0 bridgehead atoms. The van der Waals surface area contributed by atoms with E-state index in [-0.39, 0.29) is 5.41 Å². The molecule has 96 valence electrons. The molecule has 2 nitrogen and oxygen atoms in total. The summed E-state index contributed by atoms with van der Waals surface area (Å²) in [6, 6.07) is 9.80. The molecule has 0 fully saturated rings. The Kier molecular flexibility index (Phi) is 5.96. The Bertz CT molecular complexity index is 479. The normalized spacial score (nSPS) is 10.5. The molecule has 2 heterocycles. The summed E-state index contributed by atoms with van der Waals surface area (Å²) >= 11 is 6.54. The predicted molar refractivity (Wildman–Crippen MR) is 82.6 cm³/mol. The van der Waals surface area contributed by atoms with Crippen LogP contribution >= 0.6 is 31.9 Å². The highest BCUT2D eigenvalue weighted by Gasteiger charge is 2.13. The van der Waals surface area contributed by atoms with Gasteiger partial charge in [-0.1, -0.05) is 26.8 Å². The minimum absolute atomic E-state index is 0.214. The second-order valence-corrected chi connectivity index (χ2v) is 6.39. The zero-order valence-corrected chi connectivity index (χ0v) is 13.9.